The summed E-state index contributed by atoms with van der Waals surface area (Å²) in [6.45, 7) is 0.198. The fourth-order valence-corrected chi connectivity index (χ4v) is 5.05. The topological polar surface area (TPSA) is 49.4 Å². The molecular weight excluding hydrogens is 475 g/mol. The van der Waals surface area contributed by atoms with Gasteiger partial charge in [-0.05, 0) is 47.7 Å². The molecule has 0 bridgehead atoms. The van der Waals surface area contributed by atoms with Gasteiger partial charge < -0.3 is 10.2 Å². The number of carbonyl (C=O) groups is 2. The number of benzene rings is 3. The summed E-state index contributed by atoms with van der Waals surface area (Å²) in [6, 6.07) is 22.6. The molecule has 0 heterocycles. The van der Waals surface area contributed by atoms with Crippen molar-refractivity contribution in [3.8, 4) is 0 Å². The molecular formula is C30H32ClFN2O2. The van der Waals surface area contributed by atoms with Gasteiger partial charge in [0.05, 0.1) is 6.42 Å². The van der Waals surface area contributed by atoms with Crippen molar-refractivity contribution in [1.82, 2.24) is 10.2 Å². The van der Waals surface area contributed by atoms with Crippen molar-refractivity contribution < 1.29 is 14.0 Å². The standard InChI is InChI=1S/C30H32ClFN2O2/c31-25-14-9-12-23(18-25)21-34(29(35)20-24-13-7-8-17-27(24)32)28(19-22-10-3-1-4-11-22)30(36)33-26-15-5-2-6-16-26/h1,3-4,7-14,17-18,26,28H,2,5-6,15-16,19-21H2,(H,33,36)/t28-/m1/s1. The lowest BCUT2D eigenvalue weighted by atomic mass is 9.94. The van der Waals surface area contributed by atoms with Crippen molar-refractivity contribution in [3.63, 3.8) is 0 Å². The van der Waals surface area contributed by atoms with Crippen LogP contribution in [0.2, 0.25) is 5.02 Å². The summed E-state index contributed by atoms with van der Waals surface area (Å²) in [7, 11) is 0. The van der Waals surface area contributed by atoms with Gasteiger partial charge >= 0.3 is 0 Å². The zero-order valence-corrected chi connectivity index (χ0v) is 21.1. The zero-order chi connectivity index (χ0) is 25.3. The molecule has 1 atom stereocenters. The van der Waals surface area contributed by atoms with E-state index in [1.807, 2.05) is 42.5 Å². The number of hydrogen-bond acceptors (Lipinski definition) is 2. The Morgan fingerprint density at radius 3 is 2.33 bits per heavy atom. The maximum absolute atomic E-state index is 14.4. The average molecular weight is 507 g/mol. The first-order valence-corrected chi connectivity index (χ1v) is 13.0. The highest BCUT2D eigenvalue weighted by atomic mass is 35.5. The van der Waals surface area contributed by atoms with Crippen LogP contribution < -0.4 is 5.32 Å². The highest BCUT2D eigenvalue weighted by Gasteiger charge is 2.32. The van der Waals surface area contributed by atoms with Crippen LogP contribution >= 0.6 is 11.6 Å². The molecule has 1 aliphatic rings. The number of halogens is 2. The molecule has 4 rings (SSSR count). The normalized spacial score (nSPS) is 14.7. The predicted molar refractivity (Wildman–Crippen MR) is 141 cm³/mol. The van der Waals surface area contributed by atoms with E-state index in [2.05, 4.69) is 5.32 Å². The van der Waals surface area contributed by atoms with Crippen LogP contribution in [0.3, 0.4) is 0 Å². The number of amides is 2. The number of nitrogens with one attached hydrogen (secondary N) is 1. The fraction of sp³-hybridized carbons (Fsp3) is 0.333. The maximum atomic E-state index is 14.4. The lowest BCUT2D eigenvalue weighted by molar-refractivity contribution is -0.141. The van der Waals surface area contributed by atoms with Gasteiger partial charge in [0.25, 0.3) is 0 Å². The van der Waals surface area contributed by atoms with Gasteiger partial charge in [-0.1, -0.05) is 91.5 Å². The highest BCUT2D eigenvalue weighted by Crippen LogP contribution is 2.21. The third-order valence-electron chi connectivity index (χ3n) is 6.76. The summed E-state index contributed by atoms with van der Waals surface area (Å²) in [6.07, 6.45) is 5.49. The number of hydrogen-bond donors (Lipinski definition) is 1. The van der Waals surface area contributed by atoms with Crippen LogP contribution in [0.25, 0.3) is 0 Å². The van der Waals surface area contributed by atoms with Gasteiger partial charge in [0.2, 0.25) is 11.8 Å². The Bertz CT molecular complexity index is 1160. The molecule has 0 saturated heterocycles. The van der Waals surface area contributed by atoms with E-state index in [0.717, 1.165) is 36.8 Å². The van der Waals surface area contributed by atoms with E-state index in [1.54, 1.807) is 35.2 Å². The summed E-state index contributed by atoms with van der Waals surface area (Å²) in [5, 5.41) is 3.77. The Morgan fingerprint density at radius 2 is 1.61 bits per heavy atom. The van der Waals surface area contributed by atoms with Crippen LogP contribution in [0.15, 0.2) is 78.9 Å². The summed E-state index contributed by atoms with van der Waals surface area (Å²) >= 11 is 6.23. The Hall–Kier alpha value is -3.18. The molecule has 0 aromatic heterocycles. The van der Waals surface area contributed by atoms with E-state index in [0.29, 0.717) is 17.0 Å². The van der Waals surface area contributed by atoms with E-state index < -0.39 is 11.9 Å². The predicted octanol–water partition coefficient (Wildman–Crippen LogP) is 6.11. The van der Waals surface area contributed by atoms with Gasteiger partial charge in [-0.15, -0.1) is 0 Å². The van der Waals surface area contributed by atoms with Crippen LogP contribution in [0.4, 0.5) is 4.39 Å². The van der Waals surface area contributed by atoms with E-state index in [9.17, 15) is 14.0 Å². The smallest absolute Gasteiger partial charge is 0.243 e. The van der Waals surface area contributed by atoms with Gasteiger partial charge in [-0.3, -0.25) is 9.59 Å². The van der Waals surface area contributed by atoms with Gasteiger partial charge in [0.15, 0.2) is 0 Å². The molecule has 2 amide bonds. The molecule has 0 aliphatic heterocycles. The zero-order valence-electron chi connectivity index (χ0n) is 20.3. The molecule has 0 radical (unpaired) electrons. The molecule has 0 unspecified atom stereocenters. The molecule has 0 spiro atoms. The van der Waals surface area contributed by atoms with Gasteiger partial charge in [-0.25, -0.2) is 4.39 Å². The Balaban J connectivity index is 1.66. The third kappa shape index (κ3) is 7.17. The summed E-state index contributed by atoms with van der Waals surface area (Å²) < 4.78 is 14.4. The van der Waals surface area contributed by atoms with Crippen molar-refractivity contribution in [3.05, 3.63) is 106 Å². The summed E-state index contributed by atoms with van der Waals surface area (Å²) in [5.41, 5.74) is 2.08. The van der Waals surface area contributed by atoms with E-state index in [-0.39, 0.29) is 30.8 Å². The second kappa shape index (κ2) is 12.7. The van der Waals surface area contributed by atoms with Crippen LogP contribution in [0, 0.1) is 5.82 Å². The van der Waals surface area contributed by atoms with E-state index in [4.69, 9.17) is 11.6 Å². The summed E-state index contributed by atoms with van der Waals surface area (Å²) in [5.74, 6) is -0.908. The Kier molecular flexibility index (Phi) is 9.12. The lowest BCUT2D eigenvalue weighted by Gasteiger charge is -2.33. The van der Waals surface area contributed by atoms with Crippen molar-refractivity contribution in [2.75, 3.05) is 0 Å². The molecule has 36 heavy (non-hydrogen) atoms. The van der Waals surface area contributed by atoms with Crippen LogP contribution in [0.1, 0.15) is 48.8 Å². The molecule has 1 aliphatic carbocycles. The quantitative estimate of drug-likeness (QED) is 0.380. The molecule has 188 valence electrons. The van der Waals surface area contributed by atoms with Crippen molar-refractivity contribution in [2.24, 2.45) is 0 Å². The van der Waals surface area contributed by atoms with E-state index >= 15 is 0 Å². The minimum Gasteiger partial charge on any atom is -0.352 e. The van der Waals surface area contributed by atoms with Crippen LogP contribution in [-0.4, -0.2) is 28.8 Å². The third-order valence-corrected chi connectivity index (χ3v) is 7.00. The summed E-state index contributed by atoms with van der Waals surface area (Å²) in [4.78, 5) is 29.0. The molecule has 3 aromatic rings. The first-order chi connectivity index (χ1) is 17.5. The van der Waals surface area contributed by atoms with Crippen LogP contribution in [-0.2, 0) is 29.0 Å². The second-order valence-electron chi connectivity index (χ2n) is 9.47. The van der Waals surface area contributed by atoms with E-state index in [1.165, 1.54) is 12.5 Å². The first-order valence-electron chi connectivity index (χ1n) is 12.6. The first kappa shape index (κ1) is 25.9. The molecule has 1 N–H and O–H groups in total. The van der Waals surface area contributed by atoms with Gasteiger partial charge in [-0.2, -0.15) is 0 Å². The minimum absolute atomic E-state index is 0.110. The largest absolute Gasteiger partial charge is 0.352 e. The Labute approximate surface area is 217 Å². The number of nitrogens with zero attached hydrogens (tertiary/aromatic N) is 1. The molecule has 1 saturated carbocycles. The SMILES string of the molecule is O=C(NC1CCCCC1)[C@@H](Cc1ccccc1)N(Cc1cccc(Cl)c1)C(=O)Cc1ccccc1F. The highest BCUT2D eigenvalue weighted by molar-refractivity contribution is 6.30. The molecule has 4 nitrogen and oxygen atoms in total. The van der Waals surface area contributed by atoms with Crippen molar-refractivity contribution >= 4 is 23.4 Å². The Morgan fingerprint density at radius 1 is 0.917 bits per heavy atom. The second-order valence-corrected chi connectivity index (χ2v) is 9.91. The molecule has 1 fully saturated rings. The monoisotopic (exact) mass is 506 g/mol. The average Bonchev–Trinajstić information content (AvgIpc) is 2.88. The van der Waals surface area contributed by atoms with Crippen molar-refractivity contribution in [2.45, 2.75) is 63.6 Å². The lowest BCUT2D eigenvalue weighted by Crippen LogP contribution is -2.53. The maximum Gasteiger partial charge on any atom is 0.243 e. The number of carbonyl (C=O) groups excluding carboxylic acids is 2. The van der Waals surface area contributed by atoms with Crippen molar-refractivity contribution in [1.29, 1.82) is 0 Å². The van der Waals surface area contributed by atoms with Gasteiger partial charge in [0.1, 0.15) is 11.9 Å². The molecule has 3 aromatic carbocycles. The van der Waals surface area contributed by atoms with Gasteiger partial charge in [0, 0.05) is 24.0 Å². The molecule has 6 heteroatoms. The number of rotatable bonds is 9. The van der Waals surface area contributed by atoms with Crippen LogP contribution in [0.5, 0.6) is 0 Å². The fourth-order valence-electron chi connectivity index (χ4n) is 4.84. The minimum atomic E-state index is -0.743.